The van der Waals surface area contributed by atoms with E-state index in [1.807, 2.05) is 0 Å². The van der Waals surface area contributed by atoms with Gasteiger partial charge in [0.2, 0.25) is 0 Å². The zero-order valence-corrected chi connectivity index (χ0v) is 10.5. The molecule has 91 valence electrons. The van der Waals surface area contributed by atoms with E-state index >= 15 is 0 Å². The minimum absolute atomic E-state index is 0.0948. The summed E-state index contributed by atoms with van der Waals surface area (Å²) in [7, 11) is 0. The summed E-state index contributed by atoms with van der Waals surface area (Å²) in [6, 6.07) is 0. The van der Waals surface area contributed by atoms with Gasteiger partial charge in [0.25, 0.3) is 0 Å². The molecule has 0 aliphatic heterocycles. The number of hydrogen-bond donors (Lipinski definition) is 1. The summed E-state index contributed by atoms with van der Waals surface area (Å²) < 4.78 is 0. The minimum Gasteiger partial charge on any atom is -0.393 e. The molecule has 0 aliphatic rings. The van der Waals surface area contributed by atoms with E-state index in [1.54, 1.807) is 0 Å². The van der Waals surface area contributed by atoms with Crippen LogP contribution in [0.15, 0.2) is 0 Å². The van der Waals surface area contributed by atoms with Crippen molar-refractivity contribution in [2.75, 3.05) is 0 Å². The molecule has 0 aromatic heterocycles. The lowest BCUT2D eigenvalue weighted by Crippen LogP contribution is -2.04. The molecule has 0 aromatic carbocycles. The third kappa shape index (κ3) is 11.9. The molecule has 1 unspecified atom stereocenters. The van der Waals surface area contributed by atoms with Gasteiger partial charge in [0.1, 0.15) is 0 Å². The molecule has 1 atom stereocenters. The molecule has 1 heteroatoms. The van der Waals surface area contributed by atoms with Gasteiger partial charge in [-0.15, -0.1) is 0 Å². The second-order valence-corrected chi connectivity index (χ2v) is 4.56. The Morgan fingerprint density at radius 3 is 1.93 bits per heavy atom. The third-order valence-electron chi connectivity index (χ3n) is 2.93. The van der Waals surface area contributed by atoms with Crippen molar-refractivity contribution >= 4 is 0 Å². The van der Waals surface area contributed by atoms with E-state index in [1.165, 1.54) is 51.4 Å². The van der Waals surface area contributed by atoms with Crippen LogP contribution in [-0.4, -0.2) is 11.2 Å². The maximum Gasteiger partial charge on any atom is 0.0540 e. The number of rotatable bonds is 11. The molecule has 0 saturated heterocycles. The van der Waals surface area contributed by atoms with Crippen molar-refractivity contribution in [2.45, 2.75) is 83.7 Å². The van der Waals surface area contributed by atoms with Crippen LogP contribution in [-0.2, 0) is 0 Å². The van der Waals surface area contributed by atoms with Crippen LogP contribution in [0.4, 0.5) is 0 Å². The minimum atomic E-state index is -0.0948. The van der Waals surface area contributed by atoms with Crippen molar-refractivity contribution in [2.24, 2.45) is 0 Å². The molecule has 15 heavy (non-hydrogen) atoms. The van der Waals surface area contributed by atoms with Crippen molar-refractivity contribution in [1.29, 1.82) is 0 Å². The van der Waals surface area contributed by atoms with Gasteiger partial charge in [-0.25, -0.2) is 0 Å². The van der Waals surface area contributed by atoms with Crippen LogP contribution in [0.2, 0.25) is 0 Å². The first-order chi connectivity index (χ1) is 7.31. The summed E-state index contributed by atoms with van der Waals surface area (Å²) in [6.45, 7) is 6.01. The fraction of sp³-hybridized carbons (Fsp3) is 0.929. The summed E-state index contributed by atoms with van der Waals surface area (Å²) in [5.74, 6) is 0. The van der Waals surface area contributed by atoms with Crippen molar-refractivity contribution in [3.63, 3.8) is 0 Å². The lowest BCUT2D eigenvalue weighted by molar-refractivity contribution is 0.152. The Morgan fingerprint density at radius 2 is 1.40 bits per heavy atom. The SMILES string of the molecule is [CH2]CCC(O)CCCCCCCCCC. The Balaban J connectivity index is 2.98. The van der Waals surface area contributed by atoms with Crippen LogP contribution in [0.1, 0.15) is 77.6 Å². The molecule has 0 aliphatic carbocycles. The molecular formula is C14H29O. The highest BCUT2D eigenvalue weighted by Crippen LogP contribution is 2.12. The lowest BCUT2D eigenvalue weighted by Gasteiger charge is -2.08. The van der Waals surface area contributed by atoms with Crippen LogP contribution in [0, 0.1) is 6.92 Å². The van der Waals surface area contributed by atoms with Crippen molar-refractivity contribution in [3.05, 3.63) is 6.92 Å². The maximum atomic E-state index is 9.48. The Kier molecular flexibility index (Phi) is 12.0. The topological polar surface area (TPSA) is 20.2 Å². The number of unbranched alkanes of at least 4 members (excludes halogenated alkanes) is 7. The van der Waals surface area contributed by atoms with E-state index in [9.17, 15) is 5.11 Å². The van der Waals surface area contributed by atoms with Crippen LogP contribution in [0.3, 0.4) is 0 Å². The van der Waals surface area contributed by atoms with Crippen LogP contribution >= 0.6 is 0 Å². The van der Waals surface area contributed by atoms with E-state index in [-0.39, 0.29) is 6.10 Å². The molecule has 0 aromatic rings. The van der Waals surface area contributed by atoms with Gasteiger partial charge in [0.15, 0.2) is 0 Å². The quantitative estimate of drug-likeness (QED) is 0.501. The number of hydrogen-bond acceptors (Lipinski definition) is 1. The molecule has 0 fully saturated rings. The number of aliphatic hydroxyl groups is 1. The predicted octanol–water partition coefficient (Wildman–Crippen LogP) is 4.49. The van der Waals surface area contributed by atoms with Crippen molar-refractivity contribution in [1.82, 2.24) is 0 Å². The first-order valence-corrected chi connectivity index (χ1v) is 6.78. The van der Waals surface area contributed by atoms with Gasteiger partial charge in [0.05, 0.1) is 6.10 Å². The highest BCUT2D eigenvalue weighted by Gasteiger charge is 2.01. The molecule has 0 amide bonds. The Morgan fingerprint density at radius 1 is 0.867 bits per heavy atom. The van der Waals surface area contributed by atoms with Crippen LogP contribution in [0.5, 0.6) is 0 Å². The molecule has 0 saturated carbocycles. The summed E-state index contributed by atoms with van der Waals surface area (Å²) in [5, 5.41) is 9.48. The average molecular weight is 213 g/mol. The van der Waals surface area contributed by atoms with Gasteiger partial charge >= 0.3 is 0 Å². The second-order valence-electron chi connectivity index (χ2n) is 4.56. The predicted molar refractivity (Wildman–Crippen MR) is 67.8 cm³/mol. The highest BCUT2D eigenvalue weighted by molar-refractivity contribution is 4.57. The maximum absolute atomic E-state index is 9.48. The summed E-state index contributed by atoms with van der Waals surface area (Å²) in [5.41, 5.74) is 0. The van der Waals surface area contributed by atoms with Gasteiger partial charge in [-0.1, -0.05) is 71.6 Å². The zero-order valence-electron chi connectivity index (χ0n) is 10.5. The summed E-state index contributed by atoms with van der Waals surface area (Å²) in [6.07, 6.45) is 13.3. The fourth-order valence-corrected chi connectivity index (χ4v) is 1.89. The summed E-state index contributed by atoms with van der Waals surface area (Å²) >= 11 is 0. The van der Waals surface area contributed by atoms with E-state index in [2.05, 4.69) is 13.8 Å². The molecule has 0 bridgehead atoms. The van der Waals surface area contributed by atoms with Crippen LogP contribution < -0.4 is 0 Å². The second kappa shape index (κ2) is 12.0. The van der Waals surface area contributed by atoms with Gasteiger partial charge in [-0.3, -0.25) is 0 Å². The third-order valence-corrected chi connectivity index (χ3v) is 2.93. The molecule has 0 heterocycles. The monoisotopic (exact) mass is 213 g/mol. The van der Waals surface area contributed by atoms with E-state index in [0.717, 1.165) is 19.3 Å². The van der Waals surface area contributed by atoms with Gasteiger partial charge in [-0.2, -0.15) is 0 Å². The first kappa shape index (κ1) is 15.0. The Labute approximate surface area is 96.3 Å². The summed E-state index contributed by atoms with van der Waals surface area (Å²) in [4.78, 5) is 0. The largest absolute Gasteiger partial charge is 0.393 e. The van der Waals surface area contributed by atoms with Crippen LogP contribution in [0.25, 0.3) is 0 Å². The molecule has 0 spiro atoms. The normalized spacial score (nSPS) is 13.0. The molecule has 1 nitrogen and oxygen atoms in total. The highest BCUT2D eigenvalue weighted by atomic mass is 16.3. The Hall–Kier alpha value is -0.0400. The van der Waals surface area contributed by atoms with Gasteiger partial charge in [0, 0.05) is 0 Å². The molecule has 0 rings (SSSR count). The first-order valence-electron chi connectivity index (χ1n) is 6.78. The van der Waals surface area contributed by atoms with Gasteiger partial charge in [-0.05, 0) is 12.8 Å². The van der Waals surface area contributed by atoms with E-state index < -0.39 is 0 Å². The van der Waals surface area contributed by atoms with E-state index in [0.29, 0.717) is 0 Å². The zero-order chi connectivity index (χ0) is 11.4. The average Bonchev–Trinajstić information content (AvgIpc) is 2.22. The fourth-order valence-electron chi connectivity index (χ4n) is 1.89. The molecule has 1 radical (unpaired) electrons. The van der Waals surface area contributed by atoms with Crippen molar-refractivity contribution < 1.29 is 5.11 Å². The smallest absolute Gasteiger partial charge is 0.0540 e. The van der Waals surface area contributed by atoms with Crippen molar-refractivity contribution in [3.8, 4) is 0 Å². The molecule has 1 N–H and O–H groups in total. The Bertz CT molecular complexity index is 112. The molecular weight excluding hydrogens is 184 g/mol. The standard InChI is InChI=1S/C14H29O/c1-3-5-6-7-8-9-10-11-13-14(15)12-4-2/h14-15H,2-13H2,1H3. The van der Waals surface area contributed by atoms with E-state index in [4.69, 9.17) is 0 Å². The van der Waals surface area contributed by atoms with Gasteiger partial charge < -0.3 is 5.11 Å². The number of aliphatic hydroxyl groups excluding tert-OH is 1. The lowest BCUT2D eigenvalue weighted by atomic mass is 10.0.